The third kappa shape index (κ3) is 5.02. The highest BCUT2D eigenvalue weighted by Gasteiger charge is 2.25. The van der Waals surface area contributed by atoms with Crippen molar-refractivity contribution in [1.29, 1.82) is 0 Å². The fourth-order valence-corrected chi connectivity index (χ4v) is 5.07. The first-order valence-corrected chi connectivity index (χ1v) is 11.8. The second-order valence-corrected chi connectivity index (χ2v) is 9.33. The summed E-state index contributed by atoms with van der Waals surface area (Å²) >= 11 is 12.5. The van der Waals surface area contributed by atoms with Crippen LogP contribution in [0.25, 0.3) is 0 Å². The molecule has 1 aliphatic heterocycles. The molecule has 0 saturated carbocycles. The molecule has 6 nitrogen and oxygen atoms in total. The lowest BCUT2D eigenvalue weighted by molar-refractivity contribution is 0.349. The van der Waals surface area contributed by atoms with E-state index in [1.54, 1.807) is 12.1 Å². The van der Waals surface area contributed by atoms with Gasteiger partial charge in [-0.15, -0.1) is 9.24 Å². The van der Waals surface area contributed by atoms with Gasteiger partial charge in [-0.1, -0.05) is 29.6 Å². The Morgan fingerprint density at radius 2 is 1.75 bits per heavy atom. The molecular formula is C18H21Cl2N2O4PS. The molecule has 0 aromatic heterocycles. The van der Waals surface area contributed by atoms with E-state index >= 15 is 0 Å². The summed E-state index contributed by atoms with van der Waals surface area (Å²) in [5.41, 5.74) is 0.963. The van der Waals surface area contributed by atoms with Gasteiger partial charge in [-0.3, -0.25) is 4.72 Å². The number of hydrogen-bond donors (Lipinski definition) is 2. The average molecular weight is 463 g/mol. The van der Waals surface area contributed by atoms with Gasteiger partial charge in [0.25, 0.3) is 0 Å². The van der Waals surface area contributed by atoms with Gasteiger partial charge in [-0.2, -0.15) is 12.7 Å². The van der Waals surface area contributed by atoms with Crippen LogP contribution in [-0.2, 0) is 16.4 Å². The van der Waals surface area contributed by atoms with Crippen molar-refractivity contribution in [3.05, 3.63) is 45.9 Å². The molecule has 1 aliphatic rings. The van der Waals surface area contributed by atoms with E-state index in [1.165, 1.54) is 22.5 Å². The summed E-state index contributed by atoms with van der Waals surface area (Å²) in [5.74, 6) is 0.348. The molecule has 2 aromatic carbocycles. The van der Waals surface area contributed by atoms with Gasteiger partial charge in [-0.25, -0.2) is 0 Å². The quantitative estimate of drug-likeness (QED) is 0.467. The Morgan fingerprint density at radius 3 is 2.36 bits per heavy atom. The number of nitrogens with one attached hydrogen (secondary N) is 1. The van der Waals surface area contributed by atoms with Crippen molar-refractivity contribution in [3.8, 4) is 17.2 Å². The second kappa shape index (κ2) is 9.06. The molecule has 1 fully saturated rings. The van der Waals surface area contributed by atoms with Crippen molar-refractivity contribution in [2.75, 3.05) is 17.8 Å². The fourth-order valence-electron chi connectivity index (χ4n) is 2.91. The topological polar surface area (TPSA) is 78.9 Å². The van der Waals surface area contributed by atoms with Gasteiger partial charge in [0, 0.05) is 19.2 Å². The maximum atomic E-state index is 12.6. The molecule has 0 aliphatic carbocycles. The summed E-state index contributed by atoms with van der Waals surface area (Å²) in [6, 6.07) is 7.74. The number of nitrogens with zero attached hydrogens (tertiary/aromatic N) is 1. The molecule has 1 atom stereocenters. The highest BCUT2D eigenvalue weighted by molar-refractivity contribution is 7.90. The fraction of sp³-hybridized carbons (Fsp3) is 0.333. The van der Waals surface area contributed by atoms with Crippen LogP contribution in [0.2, 0.25) is 10.0 Å². The van der Waals surface area contributed by atoms with Crippen LogP contribution in [0.1, 0.15) is 24.8 Å². The number of rotatable bonds is 6. The van der Waals surface area contributed by atoms with Crippen LogP contribution in [0.3, 0.4) is 0 Å². The largest absolute Gasteiger partial charge is 0.506 e. The summed E-state index contributed by atoms with van der Waals surface area (Å²) in [6.07, 6.45) is 3.34. The Balaban J connectivity index is 1.84. The molecule has 152 valence electrons. The van der Waals surface area contributed by atoms with Crippen LogP contribution >= 0.6 is 32.4 Å². The van der Waals surface area contributed by atoms with Crippen molar-refractivity contribution in [1.82, 2.24) is 4.31 Å². The maximum absolute atomic E-state index is 12.6. The lowest BCUT2D eigenvalue weighted by Gasteiger charge is -2.26. The number of aromatic hydroxyl groups is 1. The summed E-state index contributed by atoms with van der Waals surface area (Å²) in [6.45, 7) is 0.916. The molecule has 0 amide bonds. The minimum Gasteiger partial charge on any atom is -0.506 e. The van der Waals surface area contributed by atoms with Gasteiger partial charge in [0.2, 0.25) is 0 Å². The maximum Gasteiger partial charge on any atom is 0.301 e. The van der Waals surface area contributed by atoms with Crippen molar-refractivity contribution in [3.63, 3.8) is 0 Å². The SMILES string of the molecule is O=S(=O)(Nc1cc(Oc2c(Cl)cc(CP)cc2Cl)ccc1O)N1CCCCC1. The summed E-state index contributed by atoms with van der Waals surface area (Å²) in [7, 11) is -1.17. The minimum atomic E-state index is -3.76. The molecule has 0 radical (unpaired) electrons. The van der Waals surface area contributed by atoms with E-state index < -0.39 is 10.2 Å². The van der Waals surface area contributed by atoms with Crippen LogP contribution in [0.4, 0.5) is 5.69 Å². The summed E-state index contributed by atoms with van der Waals surface area (Å²) in [5, 5.41) is 10.8. The Hall–Kier alpha value is -1.24. The number of piperidine rings is 1. The van der Waals surface area contributed by atoms with Crippen molar-refractivity contribution >= 4 is 48.3 Å². The van der Waals surface area contributed by atoms with Crippen LogP contribution in [-0.4, -0.2) is 30.9 Å². The second-order valence-electron chi connectivity index (χ2n) is 6.44. The van der Waals surface area contributed by atoms with Gasteiger partial charge in [0.15, 0.2) is 5.75 Å². The van der Waals surface area contributed by atoms with E-state index in [0.29, 0.717) is 29.3 Å². The molecule has 28 heavy (non-hydrogen) atoms. The lowest BCUT2D eigenvalue weighted by atomic mass is 10.2. The molecule has 2 N–H and O–H groups in total. The molecular weight excluding hydrogens is 442 g/mol. The zero-order valence-electron chi connectivity index (χ0n) is 15.0. The molecule has 1 heterocycles. The Kier molecular flexibility index (Phi) is 6.94. The normalized spacial score (nSPS) is 15.4. The third-order valence-electron chi connectivity index (χ3n) is 4.38. The highest BCUT2D eigenvalue weighted by atomic mass is 35.5. The molecule has 1 unspecified atom stereocenters. The van der Waals surface area contributed by atoms with Crippen molar-refractivity contribution in [2.45, 2.75) is 25.4 Å². The van der Waals surface area contributed by atoms with Crippen LogP contribution in [0.5, 0.6) is 17.2 Å². The third-order valence-corrected chi connectivity index (χ3v) is 6.93. The minimum absolute atomic E-state index is 0.0249. The van der Waals surface area contributed by atoms with Gasteiger partial charge in [0.1, 0.15) is 11.5 Å². The highest BCUT2D eigenvalue weighted by Crippen LogP contribution is 2.39. The van der Waals surface area contributed by atoms with Gasteiger partial charge >= 0.3 is 10.2 Å². The predicted octanol–water partition coefficient (Wildman–Crippen LogP) is 5.01. The zero-order valence-corrected chi connectivity index (χ0v) is 18.5. The number of phenols is 1. The van der Waals surface area contributed by atoms with Gasteiger partial charge < -0.3 is 9.84 Å². The molecule has 10 heteroatoms. The molecule has 1 saturated heterocycles. The predicted molar refractivity (Wildman–Crippen MR) is 116 cm³/mol. The summed E-state index contributed by atoms with van der Waals surface area (Å²) < 4.78 is 34.7. The van der Waals surface area contributed by atoms with Crippen LogP contribution < -0.4 is 9.46 Å². The first-order valence-electron chi connectivity index (χ1n) is 8.77. The van der Waals surface area contributed by atoms with E-state index in [4.69, 9.17) is 27.9 Å². The number of halogens is 2. The van der Waals surface area contributed by atoms with Crippen LogP contribution in [0.15, 0.2) is 30.3 Å². The van der Waals surface area contributed by atoms with Crippen molar-refractivity contribution in [2.24, 2.45) is 0 Å². The van der Waals surface area contributed by atoms with E-state index in [0.717, 1.165) is 24.8 Å². The van der Waals surface area contributed by atoms with E-state index in [1.807, 2.05) is 0 Å². The smallest absolute Gasteiger partial charge is 0.301 e. The first kappa shape index (κ1) is 21.5. The standard InChI is InChI=1S/C18H21Cl2N2O4PS/c19-14-8-12(11-27)9-15(20)18(14)26-13-4-5-17(23)16(10-13)21-28(24,25)22-6-2-1-3-7-22/h4-5,8-10,21,23H,1-3,6-7,11,27H2. The number of benzene rings is 2. The van der Waals surface area contributed by atoms with E-state index in [-0.39, 0.29) is 22.9 Å². The summed E-state index contributed by atoms with van der Waals surface area (Å²) in [4.78, 5) is 0. The van der Waals surface area contributed by atoms with Gasteiger partial charge in [0.05, 0.1) is 15.7 Å². The number of ether oxygens (including phenoxy) is 1. The molecule has 3 rings (SSSR count). The average Bonchev–Trinajstić information content (AvgIpc) is 2.67. The first-order chi connectivity index (χ1) is 13.3. The lowest BCUT2D eigenvalue weighted by Crippen LogP contribution is -2.39. The zero-order chi connectivity index (χ0) is 20.3. The molecule has 0 spiro atoms. The van der Waals surface area contributed by atoms with Crippen LogP contribution in [0, 0.1) is 0 Å². The molecule has 2 aromatic rings. The number of anilines is 1. The number of hydrogen-bond acceptors (Lipinski definition) is 4. The number of phenolic OH excluding ortho intramolecular Hbond substituents is 1. The van der Waals surface area contributed by atoms with Crippen molar-refractivity contribution < 1.29 is 18.3 Å². The van der Waals surface area contributed by atoms with Gasteiger partial charge in [-0.05, 0) is 48.8 Å². The van der Waals surface area contributed by atoms with E-state index in [9.17, 15) is 13.5 Å². The molecule has 0 bridgehead atoms. The monoisotopic (exact) mass is 462 g/mol. The van der Waals surface area contributed by atoms with E-state index in [2.05, 4.69) is 14.0 Å². The Bertz CT molecular complexity index is 943. The Morgan fingerprint density at radius 1 is 1.11 bits per heavy atom. The Labute approximate surface area is 177 Å².